The largest absolute Gasteiger partial charge is 0.514 e. The van der Waals surface area contributed by atoms with Crippen molar-refractivity contribution in [2.75, 3.05) is 18.4 Å². The first-order valence-corrected chi connectivity index (χ1v) is 6.80. The van der Waals surface area contributed by atoms with Gasteiger partial charge in [0.1, 0.15) is 18.1 Å². The molecule has 2 fully saturated rings. The predicted octanol–water partition coefficient (Wildman–Crippen LogP) is 1.26. The number of anilines is 1. The Balaban J connectivity index is 1.44. The van der Waals surface area contributed by atoms with Crippen LogP contribution in [0.1, 0.15) is 6.42 Å². The molecule has 2 saturated heterocycles. The number of hydrogen-bond acceptors (Lipinski definition) is 8. The molecule has 3 rings (SSSR count). The molecule has 2 aliphatic rings. The summed E-state index contributed by atoms with van der Waals surface area (Å²) in [5.74, 6) is 0.829. The van der Waals surface area contributed by atoms with Crippen molar-refractivity contribution in [3.05, 3.63) is 36.1 Å². The van der Waals surface area contributed by atoms with Gasteiger partial charge in [-0.05, 0) is 30.3 Å². The number of carbonyl (C=O) groups is 2. The van der Waals surface area contributed by atoms with Crippen LogP contribution < -0.4 is 9.96 Å². The third kappa shape index (κ3) is 3.35. The molecule has 1 atom stereocenters. The molecule has 0 radical (unpaired) electrons. The van der Waals surface area contributed by atoms with Gasteiger partial charge in [-0.25, -0.2) is 4.79 Å². The van der Waals surface area contributed by atoms with E-state index >= 15 is 0 Å². The first kappa shape index (κ1) is 15.1. The first-order chi connectivity index (χ1) is 11.0. The van der Waals surface area contributed by atoms with Crippen molar-refractivity contribution in [1.82, 2.24) is 4.90 Å². The van der Waals surface area contributed by atoms with Crippen molar-refractivity contribution >= 4 is 17.7 Å². The Labute approximate surface area is 130 Å². The minimum atomic E-state index is -0.906. The maximum absolute atomic E-state index is 11.5. The van der Waals surface area contributed by atoms with Crippen molar-refractivity contribution < 1.29 is 34.2 Å². The molecular formula is C14H14N2O7. The second-order valence-electron chi connectivity index (χ2n) is 4.92. The van der Waals surface area contributed by atoms with Gasteiger partial charge in [-0.1, -0.05) is 0 Å². The van der Waals surface area contributed by atoms with Gasteiger partial charge in [0.15, 0.2) is 6.23 Å². The molecule has 9 heteroatoms. The summed E-state index contributed by atoms with van der Waals surface area (Å²) in [4.78, 5) is 24.3. The Kier molecular flexibility index (Phi) is 4.04. The number of carbonyl (C=O) groups excluding carboxylic acids is 2. The number of fused-ring (bicyclic) bond motifs is 1. The standard InChI is InChI=1S/C14H14N2O7/c17-12-7-13-15(12)8-11(22-13)5-6-21-14(18)23-10-3-1-9(2-4-10)16(19)20/h1-5,13,19-20H,6-8H2/b11-5-. The van der Waals surface area contributed by atoms with Crippen LogP contribution in [0.25, 0.3) is 0 Å². The quantitative estimate of drug-likeness (QED) is 0.369. The van der Waals surface area contributed by atoms with E-state index in [1.807, 2.05) is 0 Å². The summed E-state index contributed by atoms with van der Waals surface area (Å²) in [5, 5.41) is 17.5. The van der Waals surface area contributed by atoms with Crippen molar-refractivity contribution in [2.24, 2.45) is 0 Å². The van der Waals surface area contributed by atoms with E-state index in [1.165, 1.54) is 24.3 Å². The lowest BCUT2D eigenvalue weighted by Gasteiger charge is -2.30. The molecule has 0 spiro atoms. The SMILES string of the molecule is O=C(OC/C=C1/CN2C(=O)CC2O1)Oc1ccc(N(O)O)cc1. The highest BCUT2D eigenvalue weighted by Crippen LogP contribution is 2.30. The van der Waals surface area contributed by atoms with Gasteiger partial charge in [0.05, 0.1) is 18.7 Å². The van der Waals surface area contributed by atoms with Crippen LogP contribution in [0.4, 0.5) is 10.5 Å². The number of β-lactam (4-membered cyclic amide) rings is 1. The third-order valence-electron chi connectivity index (χ3n) is 3.41. The van der Waals surface area contributed by atoms with Gasteiger partial charge < -0.3 is 14.2 Å². The van der Waals surface area contributed by atoms with Gasteiger partial charge in [0.25, 0.3) is 0 Å². The average Bonchev–Trinajstić information content (AvgIpc) is 2.84. The Morgan fingerprint density at radius 3 is 2.74 bits per heavy atom. The lowest BCUT2D eigenvalue weighted by Crippen LogP contribution is -2.48. The van der Waals surface area contributed by atoms with E-state index in [1.54, 1.807) is 11.0 Å². The summed E-state index contributed by atoms with van der Waals surface area (Å²) in [6.45, 7) is 0.351. The summed E-state index contributed by atoms with van der Waals surface area (Å²) in [6.07, 6.45) is 0.870. The van der Waals surface area contributed by atoms with E-state index < -0.39 is 6.16 Å². The molecule has 9 nitrogen and oxygen atoms in total. The minimum absolute atomic E-state index is 0.0396. The lowest BCUT2D eigenvalue weighted by molar-refractivity contribution is -0.154. The van der Waals surface area contributed by atoms with Crippen molar-refractivity contribution in [3.8, 4) is 5.75 Å². The molecule has 0 saturated carbocycles. The van der Waals surface area contributed by atoms with Crippen LogP contribution in [-0.2, 0) is 14.3 Å². The van der Waals surface area contributed by atoms with E-state index in [9.17, 15) is 9.59 Å². The van der Waals surface area contributed by atoms with Crippen molar-refractivity contribution in [2.45, 2.75) is 12.6 Å². The number of ether oxygens (including phenoxy) is 3. The van der Waals surface area contributed by atoms with Crippen molar-refractivity contribution in [1.29, 1.82) is 0 Å². The van der Waals surface area contributed by atoms with Crippen LogP contribution in [0.5, 0.6) is 5.75 Å². The Bertz CT molecular complexity index is 641. The summed E-state index contributed by atoms with van der Waals surface area (Å²) < 4.78 is 15.2. The van der Waals surface area contributed by atoms with Gasteiger partial charge in [-0.3, -0.25) is 20.1 Å². The smallest absolute Gasteiger partial charge is 0.473 e. The summed E-state index contributed by atoms with van der Waals surface area (Å²) >= 11 is 0. The van der Waals surface area contributed by atoms with E-state index in [0.29, 0.717) is 18.7 Å². The van der Waals surface area contributed by atoms with Crippen molar-refractivity contribution in [3.63, 3.8) is 0 Å². The van der Waals surface area contributed by atoms with Crippen LogP contribution >= 0.6 is 0 Å². The van der Waals surface area contributed by atoms with Crippen LogP contribution in [0.3, 0.4) is 0 Å². The van der Waals surface area contributed by atoms with E-state index in [2.05, 4.69) is 0 Å². The Hall–Kier alpha value is -2.78. The van der Waals surface area contributed by atoms with Gasteiger partial charge in [0, 0.05) is 0 Å². The predicted molar refractivity (Wildman–Crippen MR) is 73.8 cm³/mol. The molecule has 2 N–H and O–H groups in total. The molecule has 1 aromatic carbocycles. The minimum Gasteiger partial charge on any atom is -0.473 e. The zero-order valence-electron chi connectivity index (χ0n) is 11.9. The molecule has 23 heavy (non-hydrogen) atoms. The molecule has 1 aromatic rings. The molecule has 2 aliphatic heterocycles. The zero-order chi connectivity index (χ0) is 16.4. The number of nitrogens with zero attached hydrogens (tertiary/aromatic N) is 2. The maximum atomic E-state index is 11.5. The van der Waals surface area contributed by atoms with Crippen LogP contribution in [-0.4, -0.2) is 46.8 Å². The molecule has 1 amide bonds. The highest BCUT2D eigenvalue weighted by Gasteiger charge is 2.43. The van der Waals surface area contributed by atoms with Gasteiger partial charge in [-0.2, -0.15) is 0 Å². The number of rotatable bonds is 4. The second kappa shape index (κ2) is 6.15. The fourth-order valence-electron chi connectivity index (χ4n) is 2.19. The first-order valence-electron chi connectivity index (χ1n) is 6.80. The summed E-state index contributed by atoms with van der Waals surface area (Å²) in [6, 6.07) is 5.45. The highest BCUT2D eigenvalue weighted by molar-refractivity contribution is 5.83. The molecule has 2 heterocycles. The molecule has 0 aromatic heterocycles. The van der Waals surface area contributed by atoms with Crippen LogP contribution in [0, 0.1) is 0 Å². The van der Waals surface area contributed by atoms with Gasteiger partial charge in [0.2, 0.25) is 5.91 Å². The fraction of sp³-hybridized carbons (Fsp3) is 0.286. The van der Waals surface area contributed by atoms with Crippen LogP contribution in [0.15, 0.2) is 36.1 Å². The lowest BCUT2D eigenvalue weighted by atomic mass is 10.2. The third-order valence-corrected chi connectivity index (χ3v) is 3.41. The molecule has 1 unspecified atom stereocenters. The fourth-order valence-corrected chi connectivity index (χ4v) is 2.19. The normalized spacial score (nSPS) is 20.6. The van der Waals surface area contributed by atoms with Crippen LogP contribution in [0.2, 0.25) is 0 Å². The summed E-state index contributed by atoms with van der Waals surface area (Å²) in [5.41, 5.74) is 0.119. The molecule has 122 valence electrons. The number of benzene rings is 1. The Morgan fingerprint density at radius 2 is 2.13 bits per heavy atom. The average molecular weight is 322 g/mol. The summed E-state index contributed by atoms with van der Waals surface area (Å²) in [7, 11) is 0. The maximum Gasteiger partial charge on any atom is 0.514 e. The van der Waals surface area contributed by atoms with E-state index in [-0.39, 0.29) is 35.4 Å². The number of amides is 1. The number of hydrogen-bond donors (Lipinski definition) is 2. The van der Waals surface area contributed by atoms with Gasteiger partial charge >= 0.3 is 6.16 Å². The molecular weight excluding hydrogens is 308 g/mol. The van der Waals surface area contributed by atoms with E-state index in [4.69, 9.17) is 24.6 Å². The monoisotopic (exact) mass is 322 g/mol. The zero-order valence-corrected chi connectivity index (χ0v) is 11.9. The van der Waals surface area contributed by atoms with Gasteiger partial charge in [-0.15, -0.1) is 5.23 Å². The molecule has 0 bridgehead atoms. The second-order valence-corrected chi connectivity index (χ2v) is 4.92. The highest BCUT2D eigenvalue weighted by atomic mass is 16.8. The topological polar surface area (TPSA) is 109 Å². The Morgan fingerprint density at radius 1 is 1.39 bits per heavy atom. The molecule has 0 aliphatic carbocycles. The van der Waals surface area contributed by atoms with E-state index in [0.717, 1.165) is 0 Å².